The molecular formula is C38H56IrNO2Si2-. The van der Waals surface area contributed by atoms with Gasteiger partial charge >= 0.3 is 0 Å². The van der Waals surface area contributed by atoms with Crippen LogP contribution in [0, 0.1) is 30.7 Å². The summed E-state index contributed by atoms with van der Waals surface area (Å²) in [7, 11) is -2.74. The molecule has 0 bridgehead atoms. The average molecular weight is 807 g/mol. The molecule has 2 aromatic carbocycles. The van der Waals surface area contributed by atoms with Gasteiger partial charge in [0, 0.05) is 43.2 Å². The zero-order valence-electron chi connectivity index (χ0n) is 29.4. The van der Waals surface area contributed by atoms with E-state index in [0.717, 1.165) is 36.9 Å². The van der Waals surface area contributed by atoms with Crippen molar-refractivity contribution in [1.29, 1.82) is 0 Å². The smallest absolute Gasteiger partial charge is 0.164 e. The molecule has 44 heavy (non-hydrogen) atoms. The number of aliphatic hydroxyl groups is 1. The molecule has 0 atom stereocenters. The fourth-order valence-corrected chi connectivity index (χ4v) is 17.0. The first-order valence-electron chi connectivity index (χ1n) is 16.4. The Kier molecular flexibility index (Phi) is 12.8. The monoisotopic (exact) mass is 807 g/mol. The quantitative estimate of drug-likeness (QED) is 0.107. The third-order valence-corrected chi connectivity index (χ3v) is 18.2. The van der Waals surface area contributed by atoms with Crippen molar-refractivity contribution in [3.05, 3.63) is 65.6 Å². The first-order chi connectivity index (χ1) is 20.0. The minimum Gasteiger partial charge on any atom is -0.512 e. The van der Waals surface area contributed by atoms with Crippen molar-refractivity contribution in [3.63, 3.8) is 0 Å². The van der Waals surface area contributed by atoms with E-state index in [1.807, 2.05) is 47.7 Å². The second-order valence-electron chi connectivity index (χ2n) is 14.7. The number of hydrogen-bond acceptors (Lipinski definition) is 3. The van der Waals surface area contributed by atoms with Crippen molar-refractivity contribution >= 4 is 43.1 Å². The van der Waals surface area contributed by atoms with Crippen molar-refractivity contribution in [1.82, 2.24) is 4.98 Å². The van der Waals surface area contributed by atoms with Crippen molar-refractivity contribution in [3.8, 4) is 11.3 Å². The molecule has 1 N–H and O–H groups in total. The summed E-state index contributed by atoms with van der Waals surface area (Å²) in [5.41, 5.74) is 4.07. The molecule has 1 aliphatic rings. The zero-order valence-corrected chi connectivity index (χ0v) is 33.8. The van der Waals surface area contributed by atoms with Crippen molar-refractivity contribution in [2.24, 2.45) is 10.8 Å². The number of aryl methyl sites for hydroxylation is 2. The van der Waals surface area contributed by atoms with Crippen LogP contribution in [0.2, 0.25) is 38.3 Å². The molecule has 6 heteroatoms. The van der Waals surface area contributed by atoms with Crippen LogP contribution in [0.4, 0.5) is 0 Å². The number of fused-ring (bicyclic) bond motifs is 3. The van der Waals surface area contributed by atoms with E-state index in [-0.39, 0.29) is 42.5 Å². The topological polar surface area (TPSA) is 50.2 Å². The van der Waals surface area contributed by atoms with Crippen LogP contribution >= 0.6 is 0 Å². The van der Waals surface area contributed by atoms with Gasteiger partial charge in [-0.2, -0.15) is 0 Å². The SMILES string of the molecule is CCC(C)(CC)C(=O)/C=C(\O)C(C)(CC)CC.Cc1[c-]c(-c2nccc3c4c(ccc23)[Si](C)(C)CC[Si]4(C)C)cc(C)c1.[Ir]. The maximum atomic E-state index is 12.2. The van der Waals surface area contributed by atoms with Crippen LogP contribution in [-0.2, 0) is 24.9 Å². The molecule has 1 aromatic heterocycles. The maximum Gasteiger partial charge on any atom is 0.164 e. The van der Waals surface area contributed by atoms with Gasteiger partial charge < -0.3 is 10.1 Å². The summed E-state index contributed by atoms with van der Waals surface area (Å²) >= 11 is 0. The van der Waals surface area contributed by atoms with Gasteiger partial charge in [-0.05, 0) is 48.2 Å². The molecule has 1 radical (unpaired) electrons. The van der Waals surface area contributed by atoms with Crippen LogP contribution in [0.25, 0.3) is 22.0 Å². The van der Waals surface area contributed by atoms with Crippen LogP contribution in [0.3, 0.4) is 0 Å². The molecule has 243 valence electrons. The number of pyridine rings is 1. The molecule has 2 heterocycles. The third kappa shape index (κ3) is 7.92. The number of benzene rings is 2. The van der Waals surface area contributed by atoms with E-state index in [0.29, 0.717) is 0 Å². The molecule has 4 rings (SSSR count). The van der Waals surface area contributed by atoms with Gasteiger partial charge in [0.2, 0.25) is 0 Å². The summed E-state index contributed by atoms with van der Waals surface area (Å²) in [6, 6.07) is 17.8. The predicted octanol–water partition coefficient (Wildman–Crippen LogP) is 9.81. The first kappa shape index (κ1) is 38.3. The van der Waals surface area contributed by atoms with E-state index in [2.05, 4.69) is 76.4 Å². The first-order valence-corrected chi connectivity index (χ1v) is 22.8. The Morgan fingerprint density at radius 2 is 1.45 bits per heavy atom. The van der Waals surface area contributed by atoms with E-state index in [4.69, 9.17) is 4.98 Å². The van der Waals surface area contributed by atoms with Crippen LogP contribution in [0.1, 0.15) is 78.4 Å². The van der Waals surface area contributed by atoms with Gasteiger partial charge in [-0.15, -0.1) is 34.9 Å². The third-order valence-electron chi connectivity index (χ3n) is 10.7. The zero-order chi connectivity index (χ0) is 32.4. The van der Waals surface area contributed by atoms with E-state index in [1.54, 1.807) is 10.4 Å². The van der Waals surface area contributed by atoms with Gasteiger partial charge in [-0.1, -0.05) is 116 Å². The summed E-state index contributed by atoms with van der Waals surface area (Å²) in [5, 5.41) is 16.3. The number of allylic oxidation sites excluding steroid dienone is 2. The number of hydrogen-bond donors (Lipinski definition) is 1. The molecule has 0 fully saturated rings. The van der Waals surface area contributed by atoms with Gasteiger partial charge in [0.25, 0.3) is 0 Å². The fraction of sp³-hybridized carbons (Fsp3) is 0.526. The number of carbonyl (C=O) groups is 1. The fourth-order valence-electron chi connectivity index (χ4n) is 6.35. The predicted molar refractivity (Wildman–Crippen MR) is 192 cm³/mol. The number of rotatable bonds is 8. The number of carbonyl (C=O) groups excluding carboxylic acids is 1. The van der Waals surface area contributed by atoms with E-state index in [1.165, 1.54) is 40.1 Å². The molecule has 3 nitrogen and oxygen atoms in total. The number of aliphatic hydroxyl groups excluding tert-OH is 1. The number of aromatic nitrogens is 1. The molecule has 0 amide bonds. The Morgan fingerprint density at radius 1 is 0.886 bits per heavy atom. The van der Waals surface area contributed by atoms with Crippen LogP contribution in [0.5, 0.6) is 0 Å². The summed E-state index contributed by atoms with van der Waals surface area (Å²) in [5.74, 6) is 0.286. The summed E-state index contributed by atoms with van der Waals surface area (Å²) in [6.07, 6.45) is 6.77. The Bertz CT molecular complexity index is 1480. The van der Waals surface area contributed by atoms with Gasteiger partial charge in [-0.3, -0.25) is 4.79 Å². The Labute approximate surface area is 283 Å². The minimum atomic E-state index is -1.41. The van der Waals surface area contributed by atoms with Crippen LogP contribution < -0.4 is 10.4 Å². The second kappa shape index (κ2) is 14.7. The Hall–Kier alpha value is -1.86. The summed E-state index contributed by atoms with van der Waals surface area (Å²) < 4.78 is 0. The molecule has 0 unspecified atom stereocenters. The van der Waals surface area contributed by atoms with Crippen LogP contribution in [-0.4, -0.2) is 32.0 Å². The molecule has 0 aliphatic carbocycles. The average Bonchev–Trinajstić information content (AvgIpc) is 2.97. The van der Waals surface area contributed by atoms with Gasteiger partial charge in [0.1, 0.15) is 5.76 Å². The van der Waals surface area contributed by atoms with Crippen molar-refractivity contribution < 1.29 is 30.0 Å². The summed E-state index contributed by atoms with van der Waals surface area (Å²) in [6.45, 7) is 26.5. The molecule has 0 saturated carbocycles. The standard InChI is InChI=1S/C23H28NSi2.C15H28O2.Ir/c1-16-13-17(2)15-18(14-16)22-19-7-8-21-23(20(19)9-10-24-22)26(5,6)12-11-25(21,3)4;1-7-14(5,8-2)12(16)11-13(17)15(6,9-3)10-4;/h7-10,13-14H,11-12H2,1-6H3;11,16H,7-10H2,1-6H3;/q-1;;/b;12-11-;. The molecule has 1 aliphatic heterocycles. The normalized spacial score (nSPS) is 16.0. The Balaban J connectivity index is 0.000000331. The van der Waals surface area contributed by atoms with Crippen molar-refractivity contribution in [2.75, 3.05) is 0 Å². The number of ketones is 1. The number of nitrogens with zero attached hydrogens (tertiary/aromatic N) is 1. The van der Waals surface area contributed by atoms with Crippen LogP contribution in [0.15, 0.2) is 48.4 Å². The molecular weight excluding hydrogens is 751 g/mol. The Morgan fingerprint density at radius 3 is 2.00 bits per heavy atom. The van der Waals surface area contributed by atoms with Gasteiger partial charge in [0.15, 0.2) is 5.78 Å². The largest absolute Gasteiger partial charge is 0.512 e. The summed E-state index contributed by atoms with van der Waals surface area (Å²) in [4.78, 5) is 17.0. The van der Waals surface area contributed by atoms with E-state index >= 15 is 0 Å². The van der Waals surface area contributed by atoms with E-state index in [9.17, 15) is 9.90 Å². The second-order valence-corrected chi connectivity index (χ2v) is 24.3. The maximum absolute atomic E-state index is 12.2. The molecule has 0 spiro atoms. The molecule has 3 aromatic rings. The minimum absolute atomic E-state index is 0. The van der Waals surface area contributed by atoms with Crippen molar-refractivity contribution in [2.45, 2.75) is 119 Å². The van der Waals surface area contributed by atoms with E-state index < -0.39 is 16.1 Å². The van der Waals surface area contributed by atoms with Gasteiger partial charge in [-0.25, -0.2) is 0 Å². The molecule has 0 saturated heterocycles. The van der Waals surface area contributed by atoms with Gasteiger partial charge in [0.05, 0.1) is 16.1 Å².